The monoisotopic (exact) mass is 503 g/mol. The topological polar surface area (TPSA) is 113 Å². The molecule has 0 radical (unpaired) electrons. The van der Waals surface area contributed by atoms with Crippen molar-refractivity contribution in [3.63, 3.8) is 0 Å². The number of aromatic amines is 1. The number of rotatable bonds is 7. The van der Waals surface area contributed by atoms with Crippen LogP contribution in [0.25, 0.3) is 10.9 Å². The number of nitrogens with two attached hydrogens (primary N) is 1. The van der Waals surface area contributed by atoms with Crippen molar-refractivity contribution in [1.29, 1.82) is 0 Å². The SMILES string of the molecule is Nc1ccc(CNC(=O)[C@H](Cc2c(F)c(F)c(F)c(F)c2F)NC(=O)c2cc3ccccc3[nH]2)cn1. The van der Waals surface area contributed by atoms with Gasteiger partial charge in [-0.05, 0) is 23.8 Å². The summed E-state index contributed by atoms with van der Waals surface area (Å²) in [4.78, 5) is 32.4. The second-order valence-corrected chi connectivity index (χ2v) is 7.86. The van der Waals surface area contributed by atoms with Gasteiger partial charge in [0.1, 0.15) is 17.6 Å². The number of fused-ring (bicyclic) bond motifs is 1. The highest BCUT2D eigenvalue weighted by Gasteiger charge is 2.30. The Bertz CT molecular complexity index is 1390. The maximum absolute atomic E-state index is 14.3. The van der Waals surface area contributed by atoms with Gasteiger partial charge in [-0.3, -0.25) is 9.59 Å². The highest BCUT2D eigenvalue weighted by molar-refractivity contribution is 6.00. The average Bonchev–Trinajstić information content (AvgIpc) is 3.32. The highest BCUT2D eigenvalue weighted by atomic mass is 19.2. The maximum atomic E-state index is 14.3. The van der Waals surface area contributed by atoms with E-state index >= 15 is 0 Å². The van der Waals surface area contributed by atoms with Crippen molar-refractivity contribution in [3.8, 4) is 0 Å². The summed E-state index contributed by atoms with van der Waals surface area (Å²) in [6.07, 6.45) is 0.362. The zero-order valence-electron chi connectivity index (χ0n) is 18.3. The van der Waals surface area contributed by atoms with Crippen molar-refractivity contribution in [1.82, 2.24) is 20.6 Å². The Hall–Kier alpha value is -4.48. The smallest absolute Gasteiger partial charge is 0.268 e. The second kappa shape index (κ2) is 10.0. The van der Waals surface area contributed by atoms with Gasteiger partial charge in [-0.25, -0.2) is 26.9 Å². The van der Waals surface area contributed by atoms with Crippen molar-refractivity contribution in [2.45, 2.75) is 19.0 Å². The molecular formula is C24H18F5N5O2. The van der Waals surface area contributed by atoms with Gasteiger partial charge >= 0.3 is 0 Å². The van der Waals surface area contributed by atoms with Crippen LogP contribution in [0.5, 0.6) is 0 Å². The zero-order valence-corrected chi connectivity index (χ0v) is 18.3. The molecule has 0 fully saturated rings. The molecule has 0 aliphatic heterocycles. The average molecular weight is 503 g/mol. The molecule has 0 saturated carbocycles. The first kappa shape index (κ1) is 24.6. The molecule has 12 heteroatoms. The van der Waals surface area contributed by atoms with Crippen LogP contribution in [-0.4, -0.2) is 27.8 Å². The van der Waals surface area contributed by atoms with Crippen molar-refractivity contribution < 1.29 is 31.5 Å². The fraction of sp³-hybridized carbons (Fsp3) is 0.125. The van der Waals surface area contributed by atoms with Crippen molar-refractivity contribution >= 4 is 28.5 Å². The minimum Gasteiger partial charge on any atom is -0.384 e. The Morgan fingerprint density at radius 2 is 1.61 bits per heavy atom. The summed E-state index contributed by atoms with van der Waals surface area (Å²) < 4.78 is 69.6. The molecule has 0 aliphatic rings. The number of halogens is 5. The number of carbonyl (C=O) groups is 2. The van der Waals surface area contributed by atoms with E-state index in [4.69, 9.17) is 5.73 Å². The summed E-state index contributed by atoms with van der Waals surface area (Å²) in [7, 11) is 0. The van der Waals surface area contributed by atoms with Crippen molar-refractivity contribution in [3.05, 3.63) is 94.6 Å². The minimum atomic E-state index is -2.33. The predicted octanol–water partition coefficient (Wildman–Crippen LogP) is 3.50. The summed E-state index contributed by atoms with van der Waals surface area (Å²) >= 11 is 0. The number of hydrogen-bond acceptors (Lipinski definition) is 4. The number of nitrogen functional groups attached to an aromatic ring is 1. The Morgan fingerprint density at radius 3 is 2.25 bits per heavy atom. The lowest BCUT2D eigenvalue weighted by molar-refractivity contribution is -0.123. The fourth-order valence-corrected chi connectivity index (χ4v) is 3.53. The molecule has 186 valence electrons. The largest absolute Gasteiger partial charge is 0.384 e. The van der Waals surface area contributed by atoms with Crippen LogP contribution in [0.2, 0.25) is 0 Å². The number of para-hydroxylation sites is 1. The van der Waals surface area contributed by atoms with E-state index in [1.807, 2.05) is 0 Å². The Labute approximate surface area is 200 Å². The van der Waals surface area contributed by atoms with Gasteiger partial charge in [0.05, 0.1) is 0 Å². The molecule has 0 unspecified atom stereocenters. The van der Waals surface area contributed by atoms with Crippen LogP contribution in [0.1, 0.15) is 21.6 Å². The lowest BCUT2D eigenvalue weighted by Crippen LogP contribution is -2.48. The van der Waals surface area contributed by atoms with Gasteiger partial charge in [-0.2, -0.15) is 0 Å². The zero-order chi connectivity index (χ0) is 26.0. The number of benzene rings is 2. The van der Waals surface area contributed by atoms with Crippen molar-refractivity contribution in [2.24, 2.45) is 0 Å². The standard InChI is InChI=1S/C24H18F5N5O2/c25-18-13(19(26)21(28)22(29)20(18)27)8-16(23(35)32-10-11-5-6-17(30)31-9-11)34-24(36)15-7-12-3-1-2-4-14(12)33-15/h1-7,9,16,33H,8,10H2,(H2,30,31)(H,32,35)(H,34,36)/t16-/m0/s1. The number of pyridine rings is 1. The van der Waals surface area contributed by atoms with E-state index < -0.39 is 58.9 Å². The number of aromatic nitrogens is 2. The lowest BCUT2D eigenvalue weighted by Gasteiger charge is -2.19. The summed E-state index contributed by atoms with van der Waals surface area (Å²) in [5.74, 6) is -12.3. The molecule has 36 heavy (non-hydrogen) atoms. The molecule has 2 aromatic carbocycles. The molecule has 0 bridgehead atoms. The van der Waals surface area contributed by atoms with Gasteiger partial charge in [0.2, 0.25) is 11.7 Å². The third kappa shape index (κ3) is 4.97. The molecule has 0 aliphatic carbocycles. The van der Waals surface area contributed by atoms with Gasteiger partial charge in [0, 0.05) is 35.6 Å². The van der Waals surface area contributed by atoms with Gasteiger partial charge < -0.3 is 21.4 Å². The highest BCUT2D eigenvalue weighted by Crippen LogP contribution is 2.24. The predicted molar refractivity (Wildman–Crippen MR) is 120 cm³/mol. The number of nitrogens with one attached hydrogen (secondary N) is 3. The molecule has 0 saturated heterocycles. The first-order valence-corrected chi connectivity index (χ1v) is 10.5. The number of H-pyrrole nitrogens is 1. The summed E-state index contributed by atoms with van der Waals surface area (Å²) in [5.41, 5.74) is 5.41. The normalized spacial score (nSPS) is 11.9. The molecule has 5 N–H and O–H groups in total. The maximum Gasteiger partial charge on any atom is 0.268 e. The first-order valence-electron chi connectivity index (χ1n) is 10.5. The summed E-state index contributed by atoms with van der Waals surface area (Å²) in [6, 6.07) is 9.72. The fourth-order valence-electron chi connectivity index (χ4n) is 3.53. The van der Waals surface area contributed by atoms with E-state index in [2.05, 4.69) is 20.6 Å². The third-order valence-corrected chi connectivity index (χ3v) is 5.42. The van der Waals surface area contributed by atoms with E-state index in [0.29, 0.717) is 16.5 Å². The third-order valence-electron chi connectivity index (χ3n) is 5.42. The van der Waals surface area contributed by atoms with Crippen LogP contribution in [0.4, 0.5) is 27.8 Å². The number of nitrogens with zero attached hydrogens (tertiary/aromatic N) is 1. The van der Waals surface area contributed by atoms with Crippen LogP contribution in [-0.2, 0) is 17.8 Å². The van der Waals surface area contributed by atoms with Crippen LogP contribution < -0.4 is 16.4 Å². The van der Waals surface area contributed by atoms with Gasteiger partial charge in [0.15, 0.2) is 23.3 Å². The van der Waals surface area contributed by atoms with E-state index in [1.165, 1.54) is 18.3 Å². The molecule has 2 heterocycles. The number of carbonyl (C=O) groups excluding carboxylic acids is 2. The minimum absolute atomic E-state index is 0.0224. The second-order valence-electron chi connectivity index (χ2n) is 7.86. The molecule has 0 spiro atoms. The molecule has 2 amide bonds. The van der Waals surface area contributed by atoms with Crippen LogP contribution in [0.15, 0.2) is 48.7 Å². The van der Waals surface area contributed by atoms with Crippen LogP contribution >= 0.6 is 0 Å². The molecule has 1 atom stereocenters. The van der Waals surface area contributed by atoms with E-state index in [-0.39, 0.29) is 18.1 Å². The Balaban J connectivity index is 1.62. The Morgan fingerprint density at radius 1 is 0.944 bits per heavy atom. The molecule has 2 aromatic heterocycles. The number of anilines is 1. The first-order chi connectivity index (χ1) is 17.2. The molecule has 7 nitrogen and oxygen atoms in total. The molecule has 4 rings (SSSR count). The van der Waals surface area contributed by atoms with E-state index in [9.17, 15) is 31.5 Å². The van der Waals surface area contributed by atoms with Gasteiger partial charge in [-0.1, -0.05) is 24.3 Å². The van der Waals surface area contributed by atoms with E-state index in [0.717, 1.165) is 0 Å². The van der Waals surface area contributed by atoms with E-state index in [1.54, 1.807) is 30.3 Å². The van der Waals surface area contributed by atoms with Crippen molar-refractivity contribution in [2.75, 3.05) is 5.73 Å². The van der Waals surface area contributed by atoms with Gasteiger partial charge in [-0.15, -0.1) is 0 Å². The summed E-state index contributed by atoms with van der Waals surface area (Å²) in [5, 5.41) is 5.44. The summed E-state index contributed by atoms with van der Waals surface area (Å²) in [6.45, 7) is -0.109. The number of hydrogen-bond donors (Lipinski definition) is 4. The molecular weight excluding hydrogens is 485 g/mol. The van der Waals surface area contributed by atoms with Crippen LogP contribution in [0, 0.1) is 29.1 Å². The lowest BCUT2D eigenvalue weighted by atomic mass is 10.0. The van der Waals surface area contributed by atoms with Crippen LogP contribution in [0.3, 0.4) is 0 Å². The quantitative estimate of drug-likeness (QED) is 0.176. The number of amides is 2. The Kier molecular flexibility index (Phi) is 6.86. The van der Waals surface area contributed by atoms with Gasteiger partial charge in [0.25, 0.3) is 5.91 Å². The molecule has 4 aromatic rings.